The standard InChI is InChI=1S/C14H18N2O/c1-5-12-14(10(3)15-16-12)11-8-9(2)6-7-13(11)17-4/h6-8H,5H2,1-4H3,(H,15,16). The van der Waals surface area contributed by atoms with Gasteiger partial charge in [-0.3, -0.25) is 5.10 Å². The zero-order valence-corrected chi connectivity index (χ0v) is 10.8. The van der Waals surface area contributed by atoms with Crippen molar-refractivity contribution >= 4 is 0 Å². The van der Waals surface area contributed by atoms with Crippen LogP contribution in [-0.2, 0) is 6.42 Å². The molecule has 1 aromatic heterocycles. The van der Waals surface area contributed by atoms with Crippen molar-refractivity contribution < 1.29 is 4.74 Å². The zero-order chi connectivity index (χ0) is 12.4. The lowest BCUT2D eigenvalue weighted by molar-refractivity contribution is 0.416. The first-order chi connectivity index (χ1) is 8.17. The van der Waals surface area contributed by atoms with Gasteiger partial charge in [-0.1, -0.05) is 18.6 Å². The van der Waals surface area contributed by atoms with Gasteiger partial charge >= 0.3 is 0 Å². The van der Waals surface area contributed by atoms with Crippen LogP contribution in [0.4, 0.5) is 0 Å². The van der Waals surface area contributed by atoms with Gasteiger partial charge in [0, 0.05) is 16.8 Å². The van der Waals surface area contributed by atoms with E-state index in [1.807, 2.05) is 13.0 Å². The van der Waals surface area contributed by atoms with Gasteiger partial charge in [0.25, 0.3) is 0 Å². The molecular formula is C14H18N2O. The normalized spacial score (nSPS) is 10.6. The highest BCUT2D eigenvalue weighted by atomic mass is 16.5. The first-order valence-electron chi connectivity index (χ1n) is 5.86. The summed E-state index contributed by atoms with van der Waals surface area (Å²) in [5, 5.41) is 7.39. The predicted octanol–water partition coefficient (Wildman–Crippen LogP) is 3.26. The molecule has 0 spiro atoms. The molecule has 0 aliphatic heterocycles. The summed E-state index contributed by atoms with van der Waals surface area (Å²) in [6.45, 7) is 6.24. The quantitative estimate of drug-likeness (QED) is 0.878. The van der Waals surface area contributed by atoms with Crippen molar-refractivity contribution in [2.24, 2.45) is 0 Å². The second-order valence-corrected chi connectivity index (χ2v) is 4.23. The van der Waals surface area contributed by atoms with E-state index in [2.05, 4.69) is 36.2 Å². The number of ether oxygens (including phenoxy) is 1. The Hall–Kier alpha value is -1.77. The van der Waals surface area contributed by atoms with E-state index in [1.54, 1.807) is 7.11 Å². The van der Waals surface area contributed by atoms with E-state index in [1.165, 1.54) is 11.1 Å². The number of aromatic amines is 1. The Kier molecular flexibility index (Phi) is 3.18. The maximum atomic E-state index is 5.44. The monoisotopic (exact) mass is 230 g/mol. The molecule has 90 valence electrons. The van der Waals surface area contributed by atoms with Crippen LogP contribution in [0.2, 0.25) is 0 Å². The van der Waals surface area contributed by atoms with Gasteiger partial charge in [-0.05, 0) is 32.4 Å². The van der Waals surface area contributed by atoms with Crippen LogP contribution in [0.1, 0.15) is 23.9 Å². The first kappa shape index (κ1) is 11.7. The molecule has 1 N–H and O–H groups in total. The number of benzene rings is 1. The Morgan fingerprint density at radius 2 is 2.06 bits per heavy atom. The number of nitrogens with one attached hydrogen (secondary N) is 1. The third kappa shape index (κ3) is 2.05. The van der Waals surface area contributed by atoms with Crippen molar-refractivity contribution in [2.45, 2.75) is 27.2 Å². The van der Waals surface area contributed by atoms with Crippen LogP contribution in [0.25, 0.3) is 11.1 Å². The molecule has 0 bridgehead atoms. The van der Waals surface area contributed by atoms with Gasteiger partial charge in [-0.25, -0.2) is 0 Å². The second kappa shape index (κ2) is 4.62. The fourth-order valence-electron chi connectivity index (χ4n) is 2.11. The molecule has 0 aliphatic carbocycles. The van der Waals surface area contributed by atoms with Gasteiger partial charge in [-0.15, -0.1) is 0 Å². The Labute approximate surface area is 102 Å². The SMILES string of the molecule is CCc1n[nH]c(C)c1-c1cc(C)ccc1OC. The molecule has 2 aromatic rings. The van der Waals surface area contributed by atoms with Gasteiger partial charge < -0.3 is 4.74 Å². The highest BCUT2D eigenvalue weighted by molar-refractivity contribution is 5.75. The molecule has 0 unspecified atom stereocenters. The minimum Gasteiger partial charge on any atom is -0.496 e. The summed E-state index contributed by atoms with van der Waals surface area (Å²) in [7, 11) is 1.70. The lowest BCUT2D eigenvalue weighted by atomic mass is 9.99. The van der Waals surface area contributed by atoms with E-state index in [9.17, 15) is 0 Å². The fourth-order valence-corrected chi connectivity index (χ4v) is 2.11. The average molecular weight is 230 g/mol. The van der Waals surface area contributed by atoms with E-state index < -0.39 is 0 Å². The summed E-state index contributed by atoms with van der Waals surface area (Å²) in [6.07, 6.45) is 0.913. The van der Waals surface area contributed by atoms with Crippen LogP contribution in [0.5, 0.6) is 5.75 Å². The largest absolute Gasteiger partial charge is 0.496 e. The molecule has 0 amide bonds. The minimum atomic E-state index is 0.898. The van der Waals surface area contributed by atoms with Crippen molar-refractivity contribution in [3.63, 3.8) is 0 Å². The molecule has 0 saturated heterocycles. The first-order valence-corrected chi connectivity index (χ1v) is 5.86. The third-order valence-electron chi connectivity index (χ3n) is 2.98. The topological polar surface area (TPSA) is 37.9 Å². The van der Waals surface area contributed by atoms with Crippen molar-refractivity contribution in [3.8, 4) is 16.9 Å². The number of hydrogen-bond acceptors (Lipinski definition) is 2. The van der Waals surface area contributed by atoms with Gasteiger partial charge in [0.05, 0.1) is 12.8 Å². The van der Waals surface area contributed by atoms with Crippen molar-refractivity contribution in [3.05, 3.63) is 35.2 Å². The van der Waals surface area contributed by atoms with E-state index in [0.29, 0.717) is 0 Å². The number of rotatable bonds is 3. The molecule has 17 heavy (non-hydrogen) atoms. The molecular weight excluding hydrogens is 212 g/mol. The van der Waals surface area contributed by atoms with Gasteiger partial charge in [0.1, 0.15) is 5.75 Å². The van der Waals surface area contributed by atoms with Gasteiger partial charge in [-0.2, -0.15) is 5.10 Å². The Morgan fingerprint density at radius 1 is 1.29 bits per heavy atom. The third-order valence-corrected chi connectivity index (χ3v) is 2.98. The number of hydrogen-bond donors (Lipinski definition) is 1. The summed E-state index contributed by atoms with van der Waals surface area (Å²) in [6, 6.07) is 6.22. The number of nitrogens with zero attached hydrogens (tertiary/aromatic N) is 1. The smallest absolute Gasteiger partial charge is 0.126 e. The molecule has 0 atom stereocenters. The number of H-pyrrole nitrogens is 1. The molecule has 0 fully saturated rings. The lowest BCUT2D eigenvalue weighted by Crippen LogP contribution is -1.92. The lowest BCUT2D eigenvalue weighted by Gasteiger charge is -2.10. The van der Waals surface area contributed by atoms with Crippen LogP contribution < -0.4 is 4.74 Å². The summed E-state index contributed by atoms with van der Waals surface area (Å²) in [5.74, 6) is 0.898. The maximum absolute atomic E-state index is 5.44. The number of aryl methyl sites for hydroxylation is 3. The molecule has 3 nitrogen and oxygen atoms in total. The predicted molar refractivity (Wildman–Crippen MR) is 69.4 cm³/mol. The van der Waals surface area contributed by atoms with Crippen LogP contribution in [0.15, 0.2) is 18.2 Å². The number of methoxy groups -OCH3 is 1. The fraction of sp³-hybridized carbons (Fsp3) is 0.357. The van der Waals surface area contributed by atoms with Crippen molar-refractivity contribution in [1.29, 1.82) is 0 Å². The molecule has 0 aliphatic rings. The number of aromatic nitrogens is 2. The van der Waals surface area contributed by atoms with Crippen molar-refractivity contribution in [1.82, 2.24) is 10.2 Å². The molecule has 1 aromatic carbocycles. The van der Waals surface area contributed by atoms with E-state index in [0.717, 1.165) is 29.1 Å². The van der Waals surface area contributed by atoms with E-state index in [4.69, 9.17) is 4.74 Å². The van der Waals surface area contributed by atoms with Crippen LogP contribution in [-0.4, -0.2) is 17.3 Å². The molecule has 0 radical (unpaired) electrons. The molecule has 2 rings (SSSR count). The van der Waals surface area contributed by atoms with E-state index >= 15 is 0 Å². The molecule has 1 heterocycles. The van der Waals surface area contributed by atoms with Crippen LogP contribution in [0, 0.1) is 13.8 Å². The minimum absolute atomic E-state index is 0.898. The van der Waals surface area contributed by atoms with Crippen LogP contribution >= 0.6 is 0 Å². The summed E-state index contributed by atoms with van der Waals surface area (Å²) >= 11 is 0. The van der Waals surface area contributed by atoms with Gasteiger partial charge in [0.15, 0.2) is 0 Å². The molecule has 3 heteroatoms. The summed E-state index contributed by atoms with van der Waals surface area (Å²) in [4.78, 5) is 0. The Bertz CT molecular complexity index is 529. The van der Waals surface area contributed by atoms with E-state index in [-0.39, 0.29) is 0 Å². The van der Waals surface area contributed by atoms with Crippen molar-refractivity contribution in [2.75, 3.05) is 7.11 Å². The Balaban J connectivity index is 2.66. The highest BCUT2D eigenvalue weighted by Crippen LogP contribution is 2.34. The Morgan fingerprint density at radius 3 is 2.71 bits per heavy atom. The van der Waals surface area contributed by atoms with Gasteiger partial charge in [0.2, 0.25) is 0 Å². The second-order valence-electron chi connectivity index (χ2n) is 4.23. The summed E-state index contributed by atoms with van der Waals surface area (Å²) < 4.78 is 5.44. The molecule has 0 saturated carbocycles. The maximum Gasteiger partial charge on any atom is 0.126 e. The van der Waals surface area contributed by atoms with Crippen LogP contribution in [0.3, 0.4) is 0 Å². The zero-order valence-electron chi connectivity index (χ0n) is 10.8. The summed E-state index contributed by atoms with van der Waals surface area (Å²) in [5.41, 5.74) is 5.70. The highest BCUT2D eigenvalue weighted by Gasteiger charge is 2.15. The average Bonchev–Trinajstić information content (AvgIpc) is 2.70.